The largest absolute Gasteiger partial charge is 0.481 e. The van der Waals surface area contributed by atoms with Crippen LogP contribution in [-0.2, 0) is 16.1 Å². The highest BCUT2D eigenvalue weighted by molar-refractivity contribution is 5.77. The maximum atomic E-state index is 11.8. The van der Waals surface area contributed by atoms with Gasteiger partial charge in [-0.3, -0.25) is 10.1 Å². The number of carbonyl (C=O) groups is 2. The number of ether oxygens (including phenoxy) is 1. The Kier molecular flexibility index (Phi) is 5.32. The number of rotatable bonds is 6. The first kappa shape index (κ1) is 17.0. The molecule has 0 saturated carbocycles. The van der Waals surface area contributed by atoms with Crippen LogP contribution in [0.15, 0.2) is 30.3 Å². The van der Waals surface area contributed by atoms with Gasteiger partial charge in [0, 0.05) is 0 Å². The van der Waals surface area contributed by atoms with Gasteiger partial charge < -0.3 is 14.9 Å². The predicted octanol–water partition coefficient (Wildman–Crippen LogP) is 2.12. The summed E-state index contributed by atoms with van der Waals surface area (Å²) >= 11 is 0. The van der Waals surface area contributed by atoms with E-state index in [1.807, 2.05) is 18.2 Å². The lowest BCUT2D eigenvalue weighted by molar-refractivity contribution is -0.168. The molecule has 6 nitrogen and oxygen atoms in total. The molecule has 0 saturated heterocycles. The molecule has 1 amide bonds. The van der Waals surface area contributed by atoms with E-state index in [1.165, 1.54) is 13.8 Å². The van der Waals surface area contributed by atoms with Gasteiger partial charge >= 0.3 is 12.1 Å². The van der Waals surface area contributed by atoms with Crippen LogP contribution in [0.25, 0.3) is 0 Å². The van der Waals surface area contributed by atoms with Gasteiger partial charge in [0.1, 0.15) is 12.0 Å². The van der Waals surface area contributed by atoms with Crippen LogP contribution in [0.3, 0.4) is 0 Å². The molecule has 0 bridgehead atoms. The van der Waals surface area contributed by atoms with Crippen molar-refractivity contribution in [3.8, 4) is 0 Å². The average molecular weight is 295 g/mol. The second kappa shape index (κ2) is 6.58. The summed E-state index contributed by atoms with van der Waals surface area (Å²) in [7, 11) is 0. The van der Waals surface area contributed by atoms with Gasteiger partial charge in [0.25, 0.3) is 0 Å². The van der Waals surface area contributed by atoms with Crippen molar-refractivity contribution in [1.82, 2.24) is 5.32 Å². The summed E-state index contributed by atoms with van der Waals surface area (Å²) in [5, 5.41) is 21.8. The molecular formula is C15H21NO5. The first-order valence-corrected chi connectivity index (χ1v) is 6.67. The van der Waals surface area contributed by atoms with Crippen LogP contribution < -0.4 is 5.32 Å². The molecule has 21 heavy (non-hydrogen) atoms. The van der Waals surface area contributed by atoms with Crippen LogP contribution >= 0.6 is 0 Å². The van der Waals surface area contributed by atoms with E-state index in [4.69, 9.17) is 4.74 Å². The molecule has 1 aromatic rings. The van der Waals surface area contributed by atoms with E-state index in [0.717, 1.165) is 5.56 Å². The molecule has 0 fully saturated rings. The number of carbonyl (C=O) groups excluding carboxylic acids is 1. The molecule has 1 unspecified atom stereocenters. The fraction of sp³-hybridized carbons (Fsp3) is 0.467. The van der Waals surface area contributed by atoms with Gasteiger partial charge in [0.2, 0.25) is 0 Å². The zero-order valence-corrected chi connectivity index (χ0v) is 12.4. The summed E-state index contributed by atoms with van der Waals surface area (Å²) in [5.74, 6) is -1.21. The molecule has 0 radical (unpaired) electrons. The smallest absolute Gasteiger partial charge is 0.409 e. The van der Waals surface area contributed by atoms with Gasteiger partial charge in [-0.15, -0.1) is 0 Å². The van der Waals surface area contributed by atoms with Crippen molar-refractivity contribution >= 4 is 12.1 Å². The van der Waals surface area contributed by atoms with Gasteiger partial charge in [0.05, 0.1) is 0 Å². The van der Waals surface area contributed by atoms with E-state index in [2.05, 4.69) is 5.32 Å². The summed E-state index contributed by atoms with van der Waals surface area (Å²) in [6.07, 6.45) is -0.829. The highest BCUT2D eigenvalue weighted by Crippen LogP contribution is 2.32. The maximum Gasteiger partial charge on any atom is 0.409 e. The summed E-state index contributed by atoms with van der Waals surface area (Å²) in [4.78, 5) is 23.0. The lowest BCUT2D eigenvalue weighted by Gasteiger charge is -2.38. The number of aliphatic carboxylic acids is 1. The second-order valence-electron chi connectivity index (χ2n) is 5.33. The quantitative estimate of drug-likeness (QED) is 0.699. The normalized spacial score (nSPS) is 14.1. The molecule has 3 N–H and O–H groups in total. The summed E-state index contributed by atoms with van der Waals surface area (Å²) in [5.41, 5.74) is -2.65. The van der Waals surface area contributed by atoms with Gasteiger partial charge in [-0.25, -0.2) is 4.79 Å². The highest BCUT2D eigenvalue weighted by Gasteiger charge is 2.49. The minimum absolute atomic E-state index is 0.0345. The van der Waals surface area contributed by atoms with Crippen LogP contribution in [0.2, 0.25) is 0 Å². The average Bonchev–Trinajstić information content (AvgIpc) is 2.45. The van der Waals surface area contributed by atoms with E-state index in [9.17, 15) is 19.8 Å². The molecule has 116 valence electrons. The van der Waals surface area contributed by atoms with Crippen molar-refractivity contribution in [3.63, 3.8) is 0 Å². The number of hydrogen-bond donors (Lipinski definition) is 3. The van der Waals surface area contributed by atoms with Gasteiger partial charge in [-0.2, -0.15) is 0 Å². The fourth-order valence-corrected chi connectivity index (χ4v) is 1.79. The molecule has 1 rings (SSSR count). The van der Waals surface area contributed by atoms with Gasteiger partial charge in [-0.05, 0) is 25.8 Å². The number of hydrogen-bond acceptors (Lipinski definition) is 4. The summed E-state index contributed by atoms with van der Waals surface area (Å²) < 4.78 is 5.00. The zero-order chi connectivity index (χ0) is 16.1. The lowest BCUT2D eigenvalue weighted by atomic mass is 9.79. The fourth-order valence-electron chi connectivity index (χ4n) is 1.79. The minimum Gasteiger partial charge on any atom is -0.481 e. The van der Waals surface area contributed by atoms with Crippen LogP contribution in [-0.4, -0.2) is 28.0 Å². The lowest BCUT2D eigenvalue weighted by Crippen LogP contribution is -2.60. The van der Waals surface area contributed by atoms with Crippen molar-refractivity contribution < 1.29 is 24.5 Å². The highest BCUT2D eigenvalue weighted by atomic mass is 16.6. The topological polar surface area (TPSA) is 95.9 Å². The molecule has 1 atom stereocenters. The number of aliphatic hydroxyl groups is 1. The number of carboxylic acids is 1. The first-order chi connectivity index (χ1) is 9.73. The monoisotopic (exact) mass is 295 g/mol. The Balaban J connectivity index is 2.69. The molecule has 0 aliphatic rings. The SMILES string of the molecule is CCC(O)(NC(=O)OCc1ccccc1)C(C)(C)C(=O)O. The molecule has 0 aliphatic carbocycles. The third-order valence-corrected chi connectivity index (χ3v) is 3.60. The molecule has 0 heterocycles. The van der Waals surface area contributed by atoms with Gasteiger partial charge in [0.15, 0.2) is 5.72 Å². The van der Waals surface area contributed by atoms with E-state index < -0.39 is 23.2 Å². The van der Waals surface area contributed by atoms with Crippen molar-refractivity contribution in [2.75, 3.05) is 0 Å². The van der Waals surface area contributed by atoms with Crippen molar-refractivity contribution in [3.05, 3.63) is 35.9 Å². The number of alkyl carbamates (subject to hydrolysis) is 1. The number of nitrogens with one attached hydrogen (secondary N) is 1. The molecular weight excluding hydrogens is 274 g/mol. The Labute approximate surface area is 123 Å². The van der Waals surface area contributed by atoms with Crippen LogP contribution in [0, 0.1) is 5.41 Å². The minimum atomic E-state index is -1.90. The zero-order valence-electron chi connectivity index (χ0n) is 12.4. The Morgan fingerprint density at radius 1 is 1.24 bits per heavy atom. The third-order valence-electron chi connectivity index (χ3n) is 3.60. The molecule has 0 spiro atoms. The predicted molar refractivity (Wildman–Crippen MR) is 76.4 cm³/mol. The molecule has 0 aliphatic heterocycles. The Hall–Kier alpha value is -2.08. The standard InChI is InChI=1S/C15H21NO5/c1-4-15(20,14(2,3)12(17)18)16-13(19)21-10-11-8-6-5-7-9-11/h5-9,20H,4,10H2,1-3H3,(H,16,19)(H,17,18). The molecule has 0 aromatic heterocycles. The Morgan fingerprint density at radius 3 is 2.29 bits per heavy atom. The van der Waals surface area contributed by atoms with Crippen molar-refractivity contribution in [2.45, 2.75) is 39.5 Å². The van der Waals surface area contributed by atoms with E-state index >= 15 is 0 Å². The molecule has 6 heteroatoms. The summed E-state index contributed by atoms with van der Waals surface area (Å²) in [6, 6.07) is 9.05. The van der Waals surface area contributed by atoms with Crippen molar-refractivity contribution in [1.29, 1.82) is 0 Å². The second-order valence-corrected chi connectivity index (χ2v) is 5.33. The first-order valence-electron chi connectivity index (χ1n) is 6.67. The number of carboxylic acid groups (broad SMARTS) is 1. The Bertz CT molecular complexity index is 500. The summed E-state index contributed by atoms with van der Waals surface area (Å²) in [6.45, 7) is 4.31. The van der Waals surface area contributed by atoms with Crippen LogP contribution in [0.5, 0.6) is 0 Å². The van der Waals surface area contributed by atoms with Gasteiger partial charge in [-0.1, -0.05) is 37.3 Å². The van der Waals surface area contributed by atoms with E-state index in [1.54, 1.807) is 19.1 Å². The molecule has 1 aromatic carbocycles. The van der Waals surface area contributed by atoms with E-state index in [0.29, 0.717) is 0 Å². The number of amides is 1. The number of benzene rings is 1. The van der Waals surface area contributed by atoms with Crippen LogP contribution in [0.4, 0.5) is 4.79 Å². The Morgan fingerprint density at radius 2 is 1.81 bits per heavy atom. The van der Waals surface area contributed by atoms with Crippen molar-refractivity contribution in [2.24, 2.45) is 5.41 Å². The third kappa shape index (κ3) is 3.95. The van der Waals surface area contributed by atoms with Crippen LogP contribution in [0.1, 0.15) is 32.8 Å². The van der Waals surface area contributed by atoms with E-state index in [-0.39, 0.29) is 13.0 Å². The maximum absolute atomic E-state index is 11.8.